The first-order chi connectivity index (χ1) is 9.40. The lowest BCUT2D eigenvalue weighted by Crippen LogP contribution is -2.04. The Balaban J connectivity index is 2.43. The van der Waals surface area contributed by atoms with Crippen LogP contribution in [0.25, 0.3) is 0 Å². The summed E-state index contributed by atoms with van der Waals surface area (Å²) >= 11 is 0. The van der Waals surface area contributed by atoms with Crippen molar-refractivity contribution in [2.24, 2.45) is 0 Å². The van der Waals surface area contributed by atoms with Crippen molar-refractivity contribution < 1.29 is 18.7 Å². The van der Waals surface area contributed by atoms with E-state index < -0.39 is 17.6 Å². The zero-order valence-corrected chi connectivity index (χ0v) is 10.6. The van der Waals surface area contributed by atoms with Gasteiger partial charge in [0.1, 0.15) is 11.5 Å². The number of carboxylic acid groups (broad SMARTS) is 1. The summed E-state index contributed by atoms with van der Waals surface area (Å²) in [6, 6.07) is 6.48. The molecule has 0 fully saturated rings. The molecule has 0 aromatic heterocycles. The third kappa shape index (κ3) is 2.54. The number of halogens is 2. The summed E-state index contributed by atoms with van der Waals surface area (Å²) in [5.74, 6) is -2.70. The normalized spacial score (nSPS) is 10.3. The Morgan fingerprint density at radius 3 is 2.60 bits per heavy atom. The molecule has 0 aliphatic heterocycles. The van der Waals surface area contributed by atoms with Crippen molar-refractivity contribution in [3.05, 3.63) is 53.1 Å². The molecule has 2 aromatic carbocycles. The first-order valence-corrected chi connectivity index (χ1v) is 5.74. The first-order valence-electron chi connectivity index (χ1n) is 5.74. The van der Waals surface area contributed by atoms with Crippen molar-refractivity contribution in [2.75, 3.05) is 11.1 Å². The van der Waals surface area contributed by atoms with Crippen molar-refractivity contribution in [1.82, 2.24) is 0 Å². The quantitative estimate of drug-likeness (QED) is 0.753. The molecule has 0 unspecified atom stereocenters. The lowest BCUT2D eigenvalue weighted by atomic mass is 10.1. The fourth-order valence-electron chi connectivity index (χ4n) is 1.73. The van der Waals surface area contributed by atoms with E-state index in [1.807, 2.05) is 0 Å². The number of benzene rings is 2. The second-order valence-electron chi connectivity index (χ2n) is 4.29. The van der Waals surface area contributed by atoms with E-state index >= 15 is 0 Å². The summed E-state index contributed by atoms with van der Waals surface area (Å²) in [6.07, 6.45) is 0. The number of rotatable bonds is 3. The number of aromatic carboxylic acids is 1. The highest BCUT2D eigenvalue weighted by atomic mass is 19.1. The average Bonchev–Trinajstić information content (AvgIpc) is 2.40. The molecule has 0 bridgehead atoms. The van der Waals surface area contributed by atoms with E-state index in [9.17, 15) is 13.6 Å². The lowest BCUT2D eigenvalue weighted by molar-refractivity contribution is 0.0698. The van der Waals surface area contributed by atoms with Crippen LogP contribution in [0.2, 0.25) is 0 Å². The summed E-state index contributed by atoms with van der Waals surface area (Å²) in [5, 5.41) is 11.5. The summed E-state index contributed by atoms with van der Waals surface area (Å²) in [4.78, 5) is 11.0. The molecule has 0 saturated heterocycles. The van der Waals surface area contributed by atoms with Crippen molar-refractivity contribution in [1.29, 1.82) is 0 Å². The monoisotopic (exact) mass is 278 g/mol. The van der Waals surface area contributed by atoms with Gasteiger partial charge in [0.25, 0.3) is 0 Å². The van der Waals surface area contributed by atoms with Gasteiger partial charge in [-0.2, -0.15) is 0 Å². The van der Waals surface area contributed by atoms with Crippen LogP contribution < -0.4 is 11.1 Å². The van der Waals surface area contributed by atoms with E-state index in [2.05, 4.69) is 5.32 Å². The first kappa shape index (κ1) is 13.8. The van der Waals surface area contributed by atoms with Gasteiger partial charge in [0.15, 0.2) is 5.82 Å². The number of hydrogen-bond donors (Lipinski definition) is 3. The van der Waals surface area contributed by atoms with Crippen molar-refractivity contribution in [3.8, 4) is 0 Å². The van der Waals surface area contributed by atoms with Crippen LogP contribution in [0.5, 0.6) is 0 Å². The van der Waals surface area contributed by atoms with Gasteiger partial charge >= 0.3 is 5.97 Å². The van der Waals surface area contributed by atoms with Crippen molar-refractivity contribution in [3.63, 3.8) is 0 Å². The van der Waals surface area contributed by atoms with Crippen LogP contribution in [0, 0.1) is 18.6 Å². The highest BCUT2D eigenvalue weighted by molar-refractivity contribution is 5.95. The van der Waals surface area contributed by atoms with Gasteiger partial charge in [0.2, 0.25) is 0 Å². The zero-order chi connectivity index (χ0) is 14.9. The molecule has 0 atom stereocenters. The Labute approximate surface area is 113 Å². The molecule has 6 heteroatoms. The topological polar surface area (TPSA) is 75.3 Å². The molecule has 4 N–H and O–H groups in total. The minimum Gasteiger partial charge on any atom is -0.478 e. The minimum absolute atomic E-state index is 0.0771. The minimum atomic E-state index is -1.21. The molecule has 0 amide bonds. The van der Waals surface area contributed by atoms with Crippen LogP contribution in [0.3, 0.4) is 0 Å². The number of nitrogen functional groups attached to an aromatic ring is 1. The van der Waals surface area contributed by atoms with Gasteiger partial charge in [0.05, 0.1) is 5.56 Å². The third-order valence-electron chi connectivity index (χ3n) is 2.84. The van der Waals surface area contributed by atoms with Crippen LogP contribution in [0.4, 0.5) is 25.8 Å². The Bertz CT molecular complexity index is 687. The molecule has 0 aliphatic carbocycles. The Morgan fingerprint density at radius 2 is 1.95 bits per heavy atom. The lowest BCUT2D eigenvalue weighted by Gasteiger charge is -2.11. The van der Waals surface area contributed by atoms with Crippen LogP contribution in [0.15, 0.2) is 30.3 Å². The number of carboxylic acids is 1. The maximum Gasteiger partial charge on any atom is 0.337 e. The van der Waals surface area contributed by atoms with Gasteiger partial charge in [-0.05, 0) is 36.8 Å². The third-order valence-corrected chi connectivity index (χ3v) is 2.84. The number of nitrogens with two attached hydrogens (primary N) is 1. The van der Waals surface area contributed by atoms with Gasteiger partial charge < -0.3 is 16.2 Å². The Kier molecular flexibility index (Phi) is 3.56. The maximum absolute atomic E-state index is 13.8. The highest BCUT2D eigenvalue weighted by Crippen LogP contribution is 2.27. The van der Waals surface area contributed by atoms with Crippen LogP contribution in [0.1, 0.15) is 15.9 Å². The fraction of sp³-hybridized carbons (Fsp3) is 0.0714. The molecule has 0 spiro atoms. The van der Waals surface area contributed by atoms with E-state index in [0.717, 1.165) is 6.07 Å². The molecule has 104 valence electrons. The number of aryl methyl sites for hydroxylation is 1. The number of anilines is 3. The SMILES string of the molecule is Cc1ccc(F)c(Nc2ccc(N)c(C(=O)O)c2)c1F. The second kappa shape index (κ2) is 5.16. The zero-order valence-electron chi connectivity index (χ0n) is 10.6. The van der Waals surface area contributed by atoms with Crippen LogP contribution in [-0.4, -0.2) is 11.1 Å². The summed E-state index contributed by atoms with van der Waals surface area (Å²) in [5.41, 5.74) is 5.64. The Hall–Kier alpha value is -2.63. The predicted octanol–water partition coefficient (Wildman–Crippen LogP) is 3.30. The summed E-state index contributed by atoms with van der Waals surface area (Å²) in [6.45, 7) is 1.51. The van der Waals surface area contributed by atoms with Crippen LogP contribution >= 0.6 is 0 Å². The smallest absolute Gasteiger partial charge is 0.337 e. The molecule has 0 radical (unpaired) electrons. The van der Waals surface area contributed by atoms with Gasteiger partial charge in [0, 0.05) is 11.4 Å². The average molecular weight is 278 g/mol. The van der Waals surface area contributed by atoms with Gasteiger partial charge in [-0.1, -0.05) is 6.07 Å². The van der Waals surface area contributed by atoms with E-state index in [0.29, 0.717) is 0 Å². The molecule has 2 rings (SSSR count). The molecular weight excluding hydrogens is 266 g/mol. The van der Waals surface area contributed by atoms with E-state index in [1.54, 1.807) is 0 Å². The van der Waals surface area contributed by atoms with Crippen molar-refractivity contribution >= 4 is 23.0 Å². The highest BCUT2D eigenvalue weighted by Gasteiger charge is 2.13. The van der Waals surface area contributed by atoms with E-state index in [1.165, 1.54) is 31.2 Å². The number of hydrogen-bond acceptors (Lipinski definition) is 3. The van der Waals surface area contributed by atoms with Crippen molar-refractivity contribution in [2.45, 2.75) is 6.92 Å². The number of nitrogens with one attached hydrogen (secondary N) is 1. The van der Waals surface area contributed by atoms with Gasteiger partial charge in [-0.25, -0.2) is 13.6 Å². The molecule has 0 saturated carbocycles. The Morgan fingerprint density at radius 1 is 1.25 bits per heavy atom. The predicted molar refractivity (Wildman–Crippen MR) is 72.2 cm³/mol. The van der Waals surface area contributed by atoms with E-state index in [-0.39, 0.29) is 28.2 Å². The molecule has 20 heavy (non-hydrogen) atoms. The second-order valence-corrected chi connectivity index (χ2v) is 4.29. The largest absolute Gasteiger partial charge is 0.478 e. The summed E-state index contributed by atoms with van der Waals surface area (Å²) in [7, 11) is 0. The van der Waals surface area contributed by atoms with Gasteiger partial charge in [-0.3, -0.25) is 0 Å². The fourth-order valence-corrected chi connectivity index (χ4v) is 1.73. The molecular formula is C14H12F2N2O2. The standard InChI is InChI=1S/C14H12F2N2O2/c1-7-2-4-10(15)13(12(7)16)18-8-3-5-11(17)9(6-8)14(19)20/h2-6,18H,17H2,1H3,(H,19,20). The molecule has 2 aromatic rings. The molecule has 0 heterocycles. The molecule has 0 aliphatic rings. The van der Waals surface area contributed by atoms with Gasteiger partial charge in [-0.15, -0.1) is 0 Å². The van der Waals surface area contributed by atoms with E-state index in [4.69, 9.17) is 10.8 Å². The summed E-state index contributed by atoms with van der Waals surface area (Å²) < 4.78 is 27.5. The maximum atomic E-state index is 13.8. The van der Waals surface area contributed by atoms with Crippen LogP contribution in [-0.2, 0) is 0 Å². The number of carbonyl (C=O) groups is 1. The molecule has 4 nitrogen and oxygen atoms in total.